The lowest BCUT2D eigenvalue weighted by Gasteiger charge is -2.31. The van der Waals surface area contributed by atoms with Gasteiger partial charge in [0.15, 0.2) is 0 Å². The molecule has 1 amide bonds. The van der Waals surface area contributed by atoms with Gasteiger partial charge in [0.25, 0.3) is 0 Å². The molecule has 1 saturated heterocycles. The Bertz CT molecular complexity index is 441. The fourth-order valence-corrected chi connectivity index (χ4v) is 2.32. The molecule has 0 aromatic heterocycles. The number of amides is 1. The van der Waals surface area contributed by atoms with Crippen molar-refractivity contribution in [2.24, 2.45) is 11.8 Å². The molecule has 1 heterocycles. The fraction of sp³-hybridized carbons (Fsp3) is 0.500. The maximum atomic E-state index is 11.8. The standard InChI is InChI=1S/C14H19BrN2O2.ClH/c1-10(11-8-16-9-11)14(18)17-5-6-19-13-4-2-3-12(15)7-13;/h2-4,7,10-11,16H,5-6,8-9H2,1H3,(H,17,18);1H. The Morgan fingerprint density at radius 2 is 2.30 bits per heavy atom. The van der Waals surface area contributed by atoms with Crippen LogP contribution in [0.3, 0.4) is 0 Å². The highest BCUT2D eigenvalue weighted by Crippen LogP contribution is 2.17. The summed E-state index contributed by atoms with van der Waals surface area (Å²) in [5.74, 6) is 1.47. The minimum atomic E-state index is 0. The molecule has 2 rings (SSSR count). The smallest absolute Gasteiger partial charge is 0.223 e. The van der Waals surface area contributed by atoms with Crippen molar-refractivity contribution >= 4 is 34.2 Å². The zero-order valence-corrected chi connectivity index (χ0v) is 13.8. The Balaban J connectivity index is 0.00000200. The zero-order chi connectivity index (χ0) is 13.7. The van der Waals surface area contributed by atoms with Crippen LogP contribution < -0.4 is 15.4 Å². The van der Waals surface area contributed by atoms with E-state index in [1.807, 2.05) is 31.2 Å². The summed E-state index contributed by atoms with van der Waals surface area (Å²) < 4.78 is 6.55. The third-order valence-corrected chi connectivity index (χ3v) is 3.89. The second kappa shape index (κ2) is 8.49. The second-order valence-corrected chi connectivity index (χ2v) is 5.72. The quantitative estimate of drug-likeness (QED) is 0.762. The molecular formula is C14H20BrClN2O2. The molecule has 0 radical (unpaired) electrons. The molecule has 1 atom stereocenters. The summed E-state index contributed by atoms with van der Waals surface area (Å²) in [7, 11) is 0. The molecule has 1 aromatic rings. The van der Waals surface area contributed by atoms with Crippen LogP contribution in [0.2, 0.25) is 0 Å². The highest BCUT2D eigenvalue weighted by Gasteiger charge is 2.28. The van der Waals surface area contributed by atoms with Gasteiger partial charge in [0.05, 0.1) is 6.54 Å². The van der Waals surface area contributed by atoms with Crippen LogP contribution in [-0.2, 0) is 4.79 Å². The van der Waals surface area contributed by atoms with Gasteiger partial charge in [0.2, 0.25) is 5.91 Å². The number of hydrogen-bond acceptors (Lipinski definition) is 3. The molecule has 1 unspecified atom stereocenters. The molecule has 1 aromatic carbocycles. The summed E-state index contributed by atoms with van der Waals surface area (Å²) in [5, 5.41) is 6.09. The van der Waals surface area contributed by atoms with Gasteiger partial charge >= 0.3 is 0 Å². The molecule has 0 bridgehead atoms. The lowest BCUT2D eigenvalue weighted by molar-refractivity contribution is -0.126. The number of hydrogen-bond donors (Lipinski definition) is 2. The average Bonchev–Trinajstić information content (AvgIpc) is 2.32. The van der Waals surface area contributed by atoms with Gasteiger partial charge in [-0.1, -0.05) is 28.9 Å². The van der Waals surface area contributed by atoms with Crippen LogP contribution in [0, 0.1) is 11.8 Å². The van der Waals surface area contributed by atoms with Crippen molar-refractivity contribution in [1.29, 1.82) is 0 Å². The van der Waals surface area contributed by atoms with Crippen LogP contribution in [0.5, 0.6) is 5.75 Å². The number of nitrogens with one attached hydrogen (secondary N) is 2. The number of carbonyl (C=O) groups is 1. The van der Waals surface area contributed by atoms with Gasteiger partial charge in [-0.15, -0.1) is 12.4 Å². The van der Waals surface area contributed by atoms with E-state index in [0.29, 0.717) is 19.1 Å². The molecule has 6 heteroatoms. The Morgan fingerprint density at radius 1 is 1.55 bits per heavy atom. The van der Waals surface area contributed by atoms with Gasteiger partial charge in [0, 0.05) is 10.4 Å². The predicted octanol–water partition coefficient (Wildman–Crippen LogP) is 2.22. The summed E-state index contributed by atoms with van der Waals surface area (Å²) in [6.07, 6.45) is 0. The Labute approximate surface area is 134 Å². The maximum absolute atomic E-state index is 11.8. The van der Waals surface area contributed by atoms with E-state index in [-0.39, 0.29) is 24.2 Å². The van der Waals surface area contributed by atoms with Crippen LogP contribution in [0.1, 0.15) is 6.92 Å². The first kappa shape index (κ1) is 17.3. The third-order valence-electron chi connectivity index (χ3n) is 3.40. The number of halogens is 2. The normalized spacial score (nSPS) is 15.7. The lowest BCUT2D eigenvalue weighted by Crippen LogP contribution is -2.49. The van der Waals surface area contributed by atoms with E-state index >= 15 is 0 Å². The van der Waals surface area contributed by atoms with Gasteiger partial charge in [-0.3, -0.25) is 4.79 Å². The second-order valence-electron chi connectivity index (χ2n) is 4.80. The van der Waals surface area contributed by atoms with Gasteiger partial charge < -0.3 is 15.4 Å². The van der Waals surface area contributed by atoms with Gasteiger partial charge in [-0.05, 0) is 37.2 Å². The molecule has 0 spiro atoms. The molecule has 2 N–H and O–H groups in total. The van der Waals surface area contributed by atoms with Crippen molar-refractivity contribution in [3.05, 3.63) is 28.7 Å². The number of benzene rings is 1. The first-order valence-electron chi connectivity index (χ1n) is 6.53. The molecule has 1 aliphatic heterocycles. The monoisotopic (exact) mass is 362 g/mol. The molecule has 1 aliphatic rings. The molecule has 0 saturated carbocycles. The molecule has 0 aliphatic carbocycles. The van der Waals surface area contributed by atoms with Crippen LogP contribution in [0.25, 0.3) is 0 Å². The van der Waals surface area contributed by atoms with Crippen molar-refractivity contribution in [3.8, 4) is 5.75 Å². The van der Waals surface area contributed by atoms with Gasteiger partial charge in [-0.2, -0.15) is 0 Å². The van der Waals surface area contributed by atoms with Crippen molar-refractivity contribution in [3.63, 3.8) is 0 Å². The summed E-state index contributed by atoms with van der Waals surface area (Å²) in [6, 6.07) is 7.67. The Hall–Kier alpha value is -0.780. The average molecular weight is 364 g/mol. The van der Waals surface area contributed by atoms with Crippen molar-refractivity contribution in [2.75, 3.05) is 26.2 Å². The summed E-state index contributed by atoms with van der Waals surface area (Å²) in [5.41, 5.74) is 0. The van der Waals surface area contributed by atoms with E-state index in [9.17, 15) is 4.79 Å². The van der Waals surface area contributed by atoms with Crippen molar-refractivity contribution in [2.45, 2.75) is 6.92 Å². The van der Waals surface area contributed by atoms with Gasteiger partial charge in [-0.25, -0.2) is 0 Å². The molecule has 112 valence electrons. The van der Waals surface area contributed by atoms with E-state index in [1.165, 1.54) is 0 Å². The number of rotatable bonds is 6. The molecular weight excluding hydrogens is 344 g/mol. The molecule has 4 nitrogen and oxygen atoms in total. The minimum absolute atomic E-state index is 0. The van der Waals surface area contributed by atoms with Gasteiger partial charge in [0.1, 0.15) is 12.4 Å². The van der Waals surface area contributed by atoms with E-state index in [0.717, 1.165) is 23.3 Å². The summed E-state index contributed by atoms with van der Waals surface area (Å²) >= 11 is 3.39. The largest absolute Gasteiger partial charge is 0.492 e. The highest BCUT2D eigenvalue weighted by molar-refractivity contribution is 9.10. The topological polar surface area (TPSA) is 50.4 Å². The first-order chi connectivity index (χ1) is 9.16. The third kappa shape index (κ3) is 4.96. The zero-order valence-electron chi connectivity index (χ0n) is 11.4. The van der Waals surface area contributed by atoms with Crippen LogP contribution in [-0.4, -0.2) is 32.1 Å². The minimum Gasteiger partial charge on any atom is -0.492 e. The van der Waals surface area contributed by atoms with Crippen LogP contribution >= 0.6 is 28.3 Å². The first-order valence-corrected chi connectivity index (χ1v) is 7.33. The number of ether oxygens (including phenoxy) is 1. The van der Waals surface area contributed by atoms with Crippen molar-refractivity contribution in [1.82, 2.24) is 10.6 Å². The number of carbonyl (C=O) groups excluding carboxylic acids is 1. The SMILES string of the molecule is CC(C(=O)NCCOc1cccc(Br)c1)C1CNC1.Cl. The predicted molar refractivity (Wildman–Crippen MR) is 85.4 cm³/mol. The molecule has 1 fully saturated rings. The summed E-state index contributed by atoms with van der Waals surface area (Å²) in [6.45, 7) is 4.90. The van der Waals surface area contributed by atoms with E-state index in [1.54, 1.807) is 0 Å². The van der Waals surface area contributed by atoms with Crippen molar-refractivity contribution < 1.29 is 9.53 Å². The summed E-state index contributed by atoms with van der Waals surface area (Å²) in [4.78, 5) is 11.8. The van der Waals surface area contributed by atoms with Crippen LogP contribution in [0.15, 0.2) is 28.7 Å². The van der Waals surface area contributed by atoms with E-state index < -0.39 is 0 Å². The van der Waals surface area contributed by atoms with E-state index in [2.05, 4.69) is 26.6 Å². The van der Waals surface area contributed by atoms with Crippen LogP contribution in [0.4, 0.5) is 0 Å². The lowest BCUT2D eigenvalue weighted by atomic mass is 9.88. The maximum Gasteiger partial charge on any atom is 0.223 e. The Kier molecular flexibility index (Phi) is 7.34. The molecule has 20 heavy (non-hydrogen) atoms. The Morgan fingerprint density at radius 3 is 2.90 bits per heavy atom. The van der Waals surface area contributed by atoms with E-state index in [4.69, 9.17) is 4.74 Å². The highest BCUT2D eigenvalue weighted by atomic mass is 79.9. The fourth-order valence-electron chi connectivity index (χ4n) is 1.94.